The lowest BCUT2D eigenvalue weighted by atomic mass is 10.0. The van der Waals surface area contributed by atoms with E-state index in [-0.39, 0.29) is 2.85 Å². The highest BCUT2D eigenvalue weighted by molar-refractivity contribution is 6.11. The van der Waals surface area contributed by atoms with Gasteiger partial charge in [-0.3, -0.25) is 9.67 Å². The summed E-state index contributed by atoms with van der Waals surface area (Å²) in [6.07, 6.45) is 6.55. The van der Waals surface area contributed by atoms with Gasteiger partial charge in [-0.2, -0.15) is 5.10 Å². The Morgan fingerprint density at radius 2 is 2.07 bits per heavy atom. The zero-order valence-corrected chi connectivity index (χ0v) is 15.2. The van der Waals surface area contributed by atoms with Crippen LogP contribution in [-0.4, -0.2) is 34.6 Å². The predicted molar refractivity (Wildman–Crippen MR) is 115 cm³/mol. The number of hydrogen-bond donors (Lipinski definition) is 3. The van der Waals surface area contributed by atoms with Crippen LogP contribution in [0.5, 0.6) is 0 Å². The van der Waals surface area contributed by atoms with E-state index in [1.807, 2.05) is 42.5 Å². The number of aromatic nitrogens is 3. The van der Waals surface area contributed by atoms with E-state index >= 15 is 0 Å². The third kappa shape index (κ3) is 4.94. The van der Waals surface area contributed by atoms with Crippen LogP contribution >= 0.6 is 0 Å². The number of allylic oxidation sites excluding steroid dienone is 1. The average molecular weight is 365 g/mol. The highest BCUT2D eigenvalue weighted by Crippen LogP contribution is 2.28. The van der Waals surface area contributed by atoms with Crippen molar-refractivity contribution in [2.24, 2.45) is 10.7 Å². The monoisotopic (exact) mass is 365 g/mol. The largest absolute Gasteiger partial charge is 0.404 e. The fourth-order valence-electron chi connectivity index (χ4n) is 2.70. The molecule has 7 heteroatoms. The average Bonchev–Trinajstić information content (AvgIpc) is 3.21. The second kappa shape index (κ2) is 9.19. The van der Waals surface area contributed by atoms with E-state index in [0.717, 1.165) is 28.2 Å². The highest BCUT2D eigenvalue weighted by Gasteiger charge is 2.08. The molecule has 4 N–H and O–H groups in total. The van der Waals surface area contributed by atoms with Crippen molar-refractivity contribution in [2.75, 3.05) is 24.2 Å². The Hall–Kier alpha value is -3.61. The topological polar surface area (TPSA) is 93.2 Å². The minimum absolute atomic E-state index is 0. The molecule has 0 aliphatic heterocycles. The van der Waals surface area contributed by atoms with E-state index in [2.05, 4.69) is 31.8 Å². The molecule has 3 aromatic rings. The summed E-state index contributed by atoms with van der Waals surface area (Å²) >= 11 is 0. The number of nitrogens with two attached hydrogens (primary N) is 1. The van der Waals surface area contributed by atoms with Crippen LogP contribution in [0.25, 0.3) is 5.57 Å². The number of benzene rings is 2. The Balaban J connectivity index is 0.00000210. The molecule has 0 unspecified atom stereocenters. The van der Waals surface area contributed by atoms with E-state index in [9.17, 15) is 0 Å². The number of para-hydroxylation sites is 1. The van der Waals surface area contributed by atoms with Gasteiger partial charge in [-0.15, -0.1) is 0 Å². The van der Waals surface area contributed by atoms with Gasteiger partial charge >= 0.3 is 0 Å². The van der Waals surface area contributed by atoms with Gasteiger partial charge in [-0.25, -0.2) is 4.98 Å². The van der Waals surface area contributed by atoms with Gasteiger partial charge in [-0.1, -0.05) is 24.3 Å². The van der Waals surface area contributed by atoms with Gasteiger partial charge in [0.1, 0.15) is 12.7 Å². The van der Waals surface area contributed by atoms with Gasteiger partial charge in [0, 0.05) is 57.1 Å². The van der Waals surface area contributed by atoms with Crippen molar-refractivity contribution in [1.82, 2.24) is 14.8 Å². The molecule has 3 rings (SSSR count). The number of hydrogen-bond acceptors (Lipinski definition) is 6. The first-order valence-corrected chi connectivity index (χ1v) is 8.67. The van der Waals surface area contributed by atoms with Crippen LogP contribution in [0.4, 0.5) is 17.1 Å². The fraction of sp³-hybridized carbons (Fsp3) is 0.150. The van der Waals surface area contributed by atoms with Gasteiger partial charge in [0.15, 0.2) is 0 Å². The number of nitrogens with zero attached hydrogens (tertiary/aromatic N) is 4. The SMILES string of the molecule is CN=C/C(=C\N)c1ccc(Nc2ccccc2)cc1NCCn1cncn1.[HH].[HH]. The Morgan fingerprint density at radius 3 is 2.78 bits per heavy atom. The third-order valence-corrected chi connectivity index (χ3v) is 3.96. The van der Waals surface area contributed by atoms with Crippen molar-refractivity contribution in [3.8, 4) is 0 Å². The van der Waals surface area contributed by atoms with Crippen LogP contribution in [-0.2, 0) is 6.54 Å². The molecule has 0 radical (unpaired) electrons. The van der Waals surface area contributed by atoms with Crippen molar-refractivity contribution in [1.29, 1.82) is 0 Å². The number of aliphatic imine (C=N–C) groups is 1. The molecule has 0 amide bonds. The van der Waals surface area contributed by atoms with E-state index in [1.165, 1.54) is 6.33 Å². The minimum atomic E-state index is 0. The van der Waals surface area contributed by atoms with E-state index in [4.69, 9.17) is 5.73 Å². The van der Waals surface area contributed by atoms with Crippen LogP contribution in [0.3, 0.4) is 0 Å². The second-order valence-electron chi connectivity index (χ2n) is 5.85. The maximum Gasteiger partial charge on any atom is 0.137 e. The molecule has 1 heterocycles. The maximum absolute atomic E-state index is 5.81. The molecule has 1 aromatic heterocycles. The smallest absolute Gasteiger partial charge is 0.137 e. The number of anilines is 3. The Bertz CT molecular complexity index is 910. The van der Waals surface area contributed by atoms with Crippen LogP contribution in [0.2, 0.25) is 0 Å². The van der Waals surface area contributed by atoms with Crippen LogP contribution < -0.4 is 16.4 Å². The molecule has 0 aliphatic rings. The standard InChI is InChI=1S/C20H23N7.2H2/c1-22-13-16(12-21)19-8-7-18(26-17-5-3-2-4-6-17)11-20(19)24-9-10-27-15-23-14-25-27;;/h2-8,11-15,24,26H,9-10,21H2,1H3;2*1H/b16-12+,22-13?;;. The molecule has 0 fully saturated rings. The lowest BCUT2D eigenvalue weighted by Crippen LogP contribution is -2.12. The molecule has 0 spiro atoms. The first-order chi connectivity index (χ1) is 13.3. The lowest BCUT2D eigenvalue weighted by Gasteiger charge is -2.15. The predicted octanol–water partition coefficient (Wildman–Crippen LogP) is 3.63. The molecule has 0 saturated heterocycles. The molecule has 0 atom stereocenters. The zero-order chi connectivity index (χ0) is 18.9. The lowest BCUT2D eigenvalue weighted by molar-refractivity contribution is 0.636. The molecule has 2 aromatic carbocycles. The maximum atomic E-state index is 5.81. The second-order valence-corrected chi connectivity index (χ2v) is 5.85. The van der Waals surface area contributed by atoms with Crippen LogP contribution in [0.1, 0.15) is 8.42 Å². The Morgan fingerprint density at radius 1 is 1.22 bits per heavy atom. The summed E-state index contributed by atoms with van der Waals surface area (Å²) in [4.78, 5) is 8.06. The Labute approximate surface area is 161 Å². The van der Waals surface area contributed by atoms with Gasteiger partial charge in [0.05, 0.1) is 6.54 Å². The van der Waals surface area contributed by atoms with Crippen molar-refractivity contribution < 1.29 is 2.85 Å². The summed E-state index contributed by atoms with van der Waals surface area (Å²) < 4.78 is 1.78. The van der Waals surface area contributed by atoms with Gasteiger partial charge in [0.25, 0.3) is 0 Å². The number of nitrogens with one attached hydrogen (secondary N) is 2. The third-order valence-electron chi connectivity index (χ3n) is 3.96. The van der Waals surface area contributed by atoms with Crippen molar-refractivity contribution in [2.45, 2.75) is 6.54 Å². The fourth-order valence-corrected chi connectivity index (χ4v) is 2.70. The summed E-state index contributed by atoms with van der Waals surface area (Å²) in [5, 5.41) is 11.0. The molecule has 7 nitrogen and oxygen atoms in total. The van der Waals surface area contributed by atoms with Crippen molar-refractivity contribution in [3.05, 3.63) is 72.9 Å². The summed E-state index contributed by atoms with van der Waals surface area (Å²) in [6, 6.07) is 16.2. The number of rotatable bonds is 8. The summed E-state index contributed by atoms with van der Waals surface area (Å²) in [5.74, 6) is 0. The molecular weight excluding hydrogens is 338 g/mol. The van der Waals surface area contributed by atoms with E-state index in [1.54, 1.807) is 30.5 Å². The van der Waals surface area contributed by atoms with Crippen molar-refractivity contribution >= 4 is 28.8 Å². The van der Waals surface area contributed by atoms with E-state index in [0.29, 0.717) is 13.1 Å². The Kier molecular flexibility index (Phi) is 6.19. The molecule has 0 aliphatic carbocycles. The minimum Gasteiger partial charge on any atom is -0.404 e. The molecule has 0 saturated carbocycles. The molecule has 0 bridgehead atoms. The quantitative estimate of drug-likeness (QED) is 0.530. The van der Waals surface area contributed by atoms with Crippen molar-refractivity contribution in [3.63, 3.8) is 0 Å². The van der Waals surface area contributed by atoms with Crippen LogP contribution in [0.15, 0.2) is 72.4 Å². The normalized spacial score (nSPS) is 11.7. The molecule has 142 valence electrons. The van der Waals surface area contributed by atoms with E-state index < -0.39 is 0 Å². The first-order valence-electron chi connectivity index (χ1n) is 8.67. The first kappa shape index (κ1) is 18.2. The van der Waals surface area contributed by atoms with Gasteiger partial charge in [-0.05, 0) is 24.3 Å². The van der Waals surface area contributed by atoms with Gasteiger partial charge < -0.3 is 16.4 Å². The van der Waals surface area contributed by atoms with Gasteiger partial charge in [0.2, 0.25) is 0 Å². The van der Waals surface area contributed by atoms with Crippen LogP contribution in [0, 0.1) is 0 Å². The summed E-state index contributed by atoms with van der Waals surface area (Å²) in [5.41, 5.74) is 10.6. The highest BCUT2D eigenvalue weighted by atomic mass is 15.3. The summed E-state index contributed by atoms with van der Waals surface area (Å²) in [7, 11) is 1.73. The molecular formula is C20H27N7. The zero-order valence-electron chi connectivity index (χ0n) is 15.2. The molecule has 27 heavy (non-hydrogen) atoms. The summed E-state index contributed by atoms with van der Waals surface area (Å²) in [6.45, 7) is 1.41.